The highest BCUT2D eigenvalue weighted by molar-refractivity contribution is 5.98. The van der Waals surface area contributed by atoms with E-state index in [0.29, 0.717) is 11.4 Å². The molecule has 2 aromatic rings. The SMILES string of the molecule is COC(=O)CNC(=O)c1cccc(NC(=O)CCNc2ccccc2[N+](=O)[O-])c1. The fraction of sp³-hybridized carbons (Fsp3) is 0.211. The molecule has 0 bridgehead atoms. The van der Waals surface area contributed by atoms with E-state index in [0.717, 1.165) is 0 Å². The van der Waals surface area contributed by atoms with Crippen LogP contribution in [0.15, 0.2) is 48.5 Å². The minimum absolute atomic E-state index is 0.0603. The molecule has 0 aliphatic carbocycles. The van der Waals surface area contributed by atoms with Crippen LogP contribution in [0.3, 0.4) is 0 Å². The number of anilines is 2. The smallest absolute Gasteiger partial charge is 0.325 e. The van der Waals surface area contributed by atoms with Crippen molar-refractivity contribution < 1.29 is 24.0 Å². The number of carbonyl (C=O) groups is 3. The van der Waals surface area contributed by atoms with Gasteiger partial charge in [0.15, 0.2) is 0 Å². The first-order chi connectivity index (χ1) is 13.9. The Morgan fingerprint density at radius 3 is 2.59 bits per heavy atom. The molecule has 0 saturated heterocycles. The molecule has 0 spiro atoms. The number of benzene rings is 2. The van der Waals surface area contributed by atoms with Crippen LogP contribution in [0.25, 0.3) is 0 Å². The zero-order valence-corrected chi connectivity index (χ0v) is 15.6. The highest BCUT2D eigenvalue weighted by Gasteiger charge is 2.13. The first-order valence-corrected chi connectivity index (χ1v) is 8.63. The average molecular weight is 400 g/mol. The minimum Gasteiger partial charge on any atom is -0.468 e. The summed E-state index contributed by atoms with van der Waals surface area (Å²) in [5.41, 5.74) is 0.935. The summed E-state index contributed by atoms with van der Waals surface area (Å²) in [6.07, 6.45) is 0.0603. The molecule has 2 amide bonds. The van der Waals surface area contributed by atoms with Crippen LogP contribution in [0.2, 0.25) is 0 Å². The number of hydrogen-bond acceptors (Lipinski definition) is 7. The minimum atomic E-state index is -0.575. The number of rotatable bonds is 9. The van der Waals surface area contributed by atoms with Gasteiger partial charge in [-0.25, -0.2) is 0 Å². The number of amides is 2. The summed E-state index contributed by atoms with van der Waals surface area (Å²) in [4.78, 5) is 45.7. The Balaban J connectivity index is 1.87. The van der Waals surface area contributed by atoms with E-state index in [1.54, 1.807) is 36.4 Å². The molecule has 0 aliphatic rings. The van der Waals surface area contributed by atoms with Crippen molar-refractivity contribution in [3.63, 3.8) is 0 Å². The number of para-hydroxylation sites is 2. The van der Waals surface area contributed by atoms with E-state index in [2.05, 4.69) is 20.7 Å². The molecule has 0 aromatic heterocycles. The average Bonchev–Trinajstić information content (AvgIpc) is 2.72. The predicted molar refractivity (Wildman–Crippen MR) is 106 cm³/mol. The maximum absolute atomic E-state index is 12.1. The van der Waals surface area contributed by atoms with Crippen molar-refractivity contribution in [1.82, 2.24) is 5.32 Å². The van der Waals surface area contributed by atoms with Crippen LogP contribution in [0.5, 0.6) is 0 Å². The number of hydrogen-bond donors (Lipinski definition) is 3. The van der Waals surface area contributed by atoms with E-state index in [1.807, 2.05) is 0 Å². The zero-order chi connectivity index (χ0) is 21.2. The van der Waals surface area contributed by atoms with Gasteiger partial charge in [-0.2, -0.15) is 0 Å². The van der Waals surface area contributed by atoms with Gasteiger partial charge in [0.25, 0.3) is 11.6 Å². The van der Waals surface area contributed by atoms with Crippen molar-refractivity contribution in [2.75, 3.05) is 30.8 Å². The van der Waals surface area contributed by atoms with Crippen LogP contribution < -0.4 is 16.0 Å². The van der Waals surface area contributed by atoms with E-state index < -0.39 is 16.8 Å². The first-order valence-electron chi connectivity index (χ1n) is 8.63. The highest BCUT2D eigenvalue weighted by atomic mass is 16.6. The van der Waals surface area contributed by atoms with Crippen LogP contribution in [-0.2, 0) is 14.3 Å². The maximum atomic E-state index is 12.1. The molecule has 2 aromatic carbocycles. The fourth-order valence-electron chi connectivity index (χ4n) is 2.38. The summed E-state index contributed by atoms with van der Waals surface area (Å²) >= 11 is 0. The monoisotopic (exact) mass is 400 g/mol. The topological polar surface area (TPSA) is 140 Å². The Bertz CT molecular complexity index is 915. The van der Waals surface area contributed by atoms with E-state index in [4.69, 9.17) is 0 Å². The standard InChI is InChI=1S/C19H20N4O6/c1-29-18(25)12-21-19(26)13-5-4-6-14(11-13)22-17(24)9-10-20-15-7-2-3-8-16(15)23(27)28/h2-8,11,20H,9-10,12H2,1H3,(H,21,26)(H,22,24). The number of nitrogens with zero attached hydrogens (tertiary/aromatic N) is 1. The van der Waals surface area contributed by atoms with Crippen LogP contribution in [0, 0.1) is 10.1 Å². The van der Waals surface area contributed by atoms with Crippen molar-refractivity contribution in [2.45, 2.75) is 6.42 Å². The highest BCUT2D eigenvalue weighted by Crippen LogP contribution is 2.22. The van der Waals surface area contributed by atoms with Crippen molar-refractivity contribution in [2.24, 2.45) is 0 Å². The van der Waals surface area contributed by atoms with E-state index in [9.17, 15) is 24.5 Å². The van der Waals surface area contributed by atoms with Gasteiger partial charge in [-0.15, -0.1) is 0 Å². The molecule has 10 nitrogen and oxygen atoms in total. The molecule has 0 fully saturated rings. The molecule has 0 atom stereocenters. The van der Waals surface area contributed by atoms with Gasteiger partial charge < -0.3 is 20.7 Å². The number of nitro groups is 1. The molecule has 3 N–H and O–H groups in total. The van der Waals surface area contributed by atoms with E-state index in [-0.39, 0.29) is 36.7 Å². The van der Waals surface area contributed by atoms with Crippen molar-refractivity contribution in [1.29, 1.82) is 0 Å². The van der Waals surface area contributed by atoms with Gasteiger partial charge in [-0.05, 0) is 24.3 Å². The van der Waals surface area contributed by atoms with E-state index >= 15 is 0 Å². The molecule has 152 valence electrons. The Kier molecular flexibility index (Phi) is 7.66. The van der Waals surface area contributed by atoms with Crippen LogP contribution in [-0.4, -0.2) is 42.9 Å². The number of ether oxygens (including phenoxy) is 1. The summed E-state index contributed by atoms with van der Waals surface area (Å²) in [5.74, 6) is -1.39. The van der Waals surface area contributed by atoms with Gasteiger partial charge in [0.2, 0.25) is 5.91 Å². The number of nitrogens with one attached hydrogen (secondary N) is 3. The van der Waals surface area contributed by atoms with Crippen molar-refractivity contribution in [3.8, 4) is 0 Å². The second-order valence-corrected chi connectivity index (χ2v) is 5.84. The molecule has 0 unspecified atom stereocenters. The number of esters is 1. The normalized spacial score (nSPS) is 9.97. The van der Waals surface area contributed by atoms with Gasteiger partial charge in [0.1, 0.15) is 12.2 Å². The lowest BCUT2D eigenvalue weighted by molar-refractivity contribution is -0.384. The Labute approximate surface area is 166 Å². The van der Waals surface area contributed by atoms with Crippen molar-refractivity contribution in [3.05, 3.63) is 64.2 Å². The summed E-state index contributed by atoms with van der Waals surface area (Å²) < 4.78 is 4.45. The first kappa shape index (κ1) is 21.4. The molecule has 0 aliphatic heterocycles. The van der Waals surface area contributed by atoms with Gasteiger partial charge in [0.05, 0.1) is 12.0 Å². The maximum Gasteiger partial charge on any atom is 0.325 e. The molecular weight excluding hydrogens is 380 g/mol. The summed E-state index contributed by atoms with van der Waals surface area (Å²) in [6, 6.07) is 12.4. The van der Waals surface area contributed by atoms with Crippen LogP contribution in [0.1, 0.15) is 16.8 Å². The number of carbonyl (C=O) groups excluding carboxylic acids is 3. The largest absolute Gasteiger partial charge is 0.468 e. The lowest BCUT2D eigenvalue weighted by atomic mass is 10.2. The third kappa shape index (κ3) is 6.61. The molecule has 2 rings (SSSR count). The van der Waals surface area contributed by atoms with E-state index in [1.165, 1.54) is 19.2 Å². The second kappa shape index (κ2) is 10.4. The predicted octanol–water partition coefficient (Wildman–Crippen LogP) is 1.94. The van der Waals surface area contributed by atoms with Gasteiger partial charge in [-0.3, -0.25) is 24.5 Å². The number of nitro benzene ring substituents is 1. The molecular formula is C19H20N4O6. The zero-order valence-electron chi connectivity index (χ0n) is 15.6. The fourth-order valence-corrected chi connectivity index (χ4v) is 2.38. The van der Waals surface area contributed by atoms with Gasteiger partial charge in [-0.1, -0.05) is 18.2 Å². The Morgan fingerprint density at radius 1 is 1.10 bits per heavy atom. The molecule has 10 heteroatoms. The molecule has 0 saturated carbocycles. The van der Waals surface area contributed by atoms with Crippen molar-refractivity contribution >= 4 is 34.8 Å². The molecule has 0 radical (unpaired) electrons. The summed E-state index contributed by atoms with van der Waals surface area (Å²) in [7, 11) is 1.22. The molecule has 29 heavy (non-hydrogen) atoms. The Hall–Kier alpha value is -3.95. The van der Waals surface area contributed by atoms with Gasteiger partial charge in [0, 0.05) is 30.3 Å². The number of methoxy groups -OCH3 is 1. The second-order valence-electron chi connectivity index (χ2n) is 5.84. The lowest BCUT2D eigenvalue weighted by Gasteiger charge is -2.09. The summed E-state index contributed by atoms with van der Waals surface area (Å²) in [6.45, 7) is -0.0702. The third-order valence-electron chi connectivity index (χ3n) is 3.80. The lowest BCUT2D eigenvalue weighted by Crippen LogP contribution is -2.30. The molecule has 0 heterocycles. The Morgan fingerprint density at radius 2 is 1.86 bits per heavy atom. The third-order valence-corrected chi connectivity index (χ3v) is 3.80. The van der Waals surface area contributed by atoms with Crippen LogP contribution >= 0.6 is 0 Å². The summed E-state index contributed by atoms with van der Waals surface area (Å²) in [5, 5.41) is 18.9. The van der Waals surface area contributed by atoms with Gasteiger partial charge >= 0.3 is 5.97 Å². The van der Waals surface area contributed by atoms with Crippen LogP contribution in [0.4, 0.5) is 17.1 Å². The quantitative estimate of drug-likeness (QED) is 0.332.